The standard InChI is InChI=1S/C25H25N5O/c26-22-15-18-7-2-4-11-23(18)28-24(22)20-9-5-13-29(16-20)25(31)21-10-3-1-8-19(21)17-30-14-6-12-27-30/h1-4,6-8,10-12,14-15,20H,5,9,13,16-17,26H2/t20-/m1/s1. The van der Waals surface area contributed by atoms with Gasteiger partial charge in [-0.3, -0.25) is 14.5 Å². The van der Waals surface area contributed by atoms with Gasteiger partial charge in [0, 0.05) is 42.4 Å². The van der Waals surface area contributed by atoms with Crippen molar-refractivity contribution in [2.24, 2.45) is 0 Å². The summed E-state index contributed by atoms with van der Waals surface area (Å²) in [6.07, 6.45) is 5.58. The minimum absolute atomic E-state index is 0.0619. The number of piperidine rings is 1. The molecule has 2 aromatic heterocycles. The highest BCUT2D eigenvalue weighted by Gasteiger charge is 2.28. The van der Waals surface area contributed by atoms with E-state index in [1.54, 1.807) is 6.20 Å². The molecule has 2 N–H and O–H groups in total. The summed E-state index contributed by atoms with van der Waals surface area (Å²) in [7, 11) is 0. The molecule has 1 fully saturated rings. The largest absolute Gasteiger partial charge is 0.397 e. The van der Waals surface area contributed by atoms with Crippen molar-refractivity contribution in [3.8, 4) is 0 Å². The van der Waals surface area contributed by atoms with Crippen LogP contribution in [0.15, 0.2) is 73.1 Å². The number of pyridine rings is 1. The van der Waals surface area contributed by atoms with Crippen LogP contribution in [-0.4, -0.2) is 38.7 Å². The number of carbonyl (C=O) groups is 1. The van der Waals surface area contributed by atoms with Crippen LogP contribution in [0.5, 0.6) is 0 Å². The van der Waals surface area contributed by atoms with Crippen molar-refractivity contribution in [3.63, 3.8) is 0 Å². The maximum absolute atomic E-state index is 13.5. The third-order valence-electron chi connectivity index (χ3n) is 6.02. The van der Waals surface area contributed by atoms with Gasteiger partial charge in [-0.2, -0.15) is 5.10 Å². The van der Waals surface area contributed by atoms with E-state index in [2.05, 4.69) is 5.10 Å². The Morgan fingerprint density at radius 2 is 1.94 bits per heavy atom. The lowest BCUT2D eigenvalue weighted by Crippen LogP contribution is -2.40. The molecule has 5 rings (SSSR count). The van der Waals surface area contributed by atoms with Gasteiger partial charge in [0.05, 0.1) is 23.4 Å². The second kappa shape index (κ2) is 8.22. The van der Waals surface area contributed by atoms with E-state index < -0.39 is 0 Å². The third-order valence-corrected chi connectivity index (χ3v) is 6.02. The lowest BCUT2D eigenvalue weighted by atomic mass is 9.92. The highest BCUT2D eigenvalue weighted by molar-refractivity contribution is 5.96. The zero-order valence-electron chi connectivity index (χ0n) is 17.3. The van der Waals surface area contributed by atoms with Crippen molar-refractivity contribution in [2.45, 2.75) is 25.3 Å². The highest BCUT2D eigenvalue weighted by atomic mass is 16.2. The predicted octanol–water partition coefficient (Wildman–Crippen LogP) is 4.08. The summed E-state index contributed by atoms with van der Waals surface area (Å²) >= 11 is 0. The molecule has 0 bridgehead atoms. The van der Waals surface area contributed by atoms with Crippen LogP contribution in [0, 0.1) is 0 Å². The molecular weight excluding hydrogens is 386 g/mol. The summed E-state index contributed by atoms with van der Waals surface area (Å²) in [5, 5.41) is 5.32. The Labute approximate surface area is 181 Å². The molecule has 2 aromatic carbocycles. The normalized spacial score (nSPS) is 16.5. The molecule has 6 nitrogen and oxygen atoms in total. The maximum atomic E-state index is 13.5. The Morgan fingerprint density at radius 3 is 2.81 bits per heavy atom. The fourth-order valence-corrected chi connectivity index (χ4v) is 4.46. The third kappa shape index (κ3) is 3.89. The monoisotopic (exact) mass is 411 g/mol. The number of nitrogen functional groups attached to an aromatic ring is 1. The SMILES string of the molecule is Nc1cc2ccccc2nc1[C@@H]1CCCN(C(=O)c2ccccc2Cn2cccn2)C1. The first-order valence-corrected chi connectivity index (χ1v) is 10.7. The van der Waals surface area contributed by atoms with Crippen molar-refractivity contribution >= 4 is 22.5 Å². The molecule has 0 spiro atoms. The molecule has 0 radical (unpaired) electrons. The van der Waals surface area contributed by atoms with Crippen molar-refractivity contribution < 1.29 is 4.79 Å². The van der Waals surface area contributed by atoms with Gasteiger partial charge in [0.2, 0.25) is 0 Å². The van der Waals surface area contributed by atoms with E-state index in [0.717, 1.165) is 47.1 Å². The quantitative estimate of drug-likeness (QED) is 0.549. The summed E-state index contributed by atoms with van der Waals surface area (Å²) in [6, 6.07) is 19.7. The van der Waals surface area contributed by atoms with Gasteiger partial charge in [-0.15, -0.1) is 0 Å². The highest BCUT2D eigenvalue weighted by Crippen LogP contribution is 2.32. The number of benzene rings is 2. The zero-order valence-corrected chi connectivity index (χ0v) is 17.3. The van der Waals surface area contributed by atoms with E-state index >= 15 is 0 Å². The van der Waals surface area contributed by atoms with Gasteiger partial charge in [-0.1, -0.05) is 36.4 Å². The summed E-state index contributed by atoms with van der Waals surface area (Å²) in [6.45, 7) is 1.95. The summed E-state index contributed by atoms with van der Waals surface area (Å²) in [4.78, 5) is 20.3. The van der Waals surface area contributed by atoms with Gasteiger partial charge in [0.15, 0.2) is 0 Å². The number of fused-ring (bicyclic) bond motifs is 1. The fraction of sp³-hybridized carbons (Fsp3) is 0.240. The van der Waals surface area contributed by atoms with Crippen molar-refractivity contribution in [1.82, 2.24) is 19.7 Å². The zero-order chi connectivity index (χ0) is 21.2. The molecule has 1 atom stereocenters. The van der Waals surface area contributed by atoms with Crippen LogP contribution in [0.1, 0.15) is 40.4 Å². The first kappa shape index (κ1) is 19.3. The molecule has 0 unspecified atom stereocenters. The van der Waals surface area contributed by atoms with Gasteiger partial charge in [0.1, 0.15) is 0 Å². The molecule has 1 amide bonds. The summed E-state index contributed by atoms with van der Waals surface area (Å²) in [5.41, 5.74) is 10.6. The van der Waals surface area contributed by atoms with Gasteiger partial charge < -0.3 is 10.6 Å². The van der Waals surface area contributed by atoms with Crippen LogP contribution in [0.4, 0.5) is 5.69 Å². The van der Waals surface area contributed by atoms with Gasteiger partial charge in [-0.05, 0) is 42.7 Å². The molecule has 0 aliphatic carbocycles. The molecule has 31 heavy (non-hydrogen) atoms. The number of anilines is 1. The number of hydrogen-bond donors (Lipinski definition) is 1. The second-order valence-corrected chi connectivity index (χ2v) is 8.11. The van der Waals surface area contributed by atoms with E-state index in [1.165, 1.54) is 0 Å². The number of para-hydroxylation sites is 1. The van der Waals surface area contributed by atoms with Crippen LogP contribution in [0.2, 0.25) is 0 Å². The van der Waals surface area contributed by atoms with E-state index in [1.807, 2.05) is 76.4 Å². The molecule has 0 saturated carbocycles. The Morgan fingerprint density at radius 1 is 1.10 bits per heavy atom. The number of amides is 1. The molecule has 1 saturated heterocycles. The number of carbonyl (C=O) groups excluding carboxylic acids is 1. The molecule has 6 heteroatoms. The van der Waals surface area contributed by atoms with Gasteiger partial charge >= 0.3 is 0 Å². The van der Waals surface area contributed by atoms with Crippen LogP contribution >= 0.6 is 0 Å². The Bertz CT molecular complexity index is 1220. The van der Waals surface area contributed by atoms with Gasteiger partial charge in [-0.25, -0.2) is 0 Å². The number of nitrogens with zero attached hydrogens (tertiary/aromatic N) is 4. The average molecular weight is 412 g/mol. The number of likely N-dealkylation sites (tertiary alicyclic amines) is 1. The number of aromatic nitrogens is 3. The summed E-state index contributed by atoms with van der Waals surface area (Å²) in [5.74, 6) is 0.201. The van der Waals surface area contributed by atoms with Crippen molar-refractivity contribution in [2.75, 3.05) is 18.8 Å². The first-order chi connectivity index (χ1) is 15.2. The van der Waals surface area contributed by atoms with E-state index in [4.69, 9.17) is 10.7 Å². The Kier molecular flexibility index (Phi) is 5.12. The predicted molar refractivity (Wildman–Crippen MR) is 122 cm³/mol. The average Bonchev–Trinajstić information content (AvgIpc) is 3.32. The molecule has 1 aliphatic rings. The number of hydrogen-bond acceptors (Lipinski definition) is 4. The van der Waals surface area contributed by atoms with Crippen LogP contribution in [-0.2, 0) is 6.54 Å². The lowest BCUT2D eigenvalue weighted by Gasteiger charge is -2.33. The summed E-state index contributed by atoms with van der Waals surface area (Å²) < 4.78 is 1.84. The van der Waals surface area contributed by atoms with Crippen molar-refractivity contribution in [1.29, 1.82) is 0 Å². The van der Waals surface area contributed by atoms with E-state index in [-0.39, 0.29) is 11.8 Å². The Balaban J connectivity index is 1.40. The number of rotatable bonds is 4. The van der Waals surface area contributed by atoms with Gasteiger partial charge in [0.25, 0.3) is 5.91 Å². The van der Waals surface area contributed by atoms with E-state index in [9.17, 15) is 4.79 Å². The minimum atomic E-state index is 0.0619. The maximum Gasteiger partial charge on any atom is 0.254 e. The first-order valence-electron chi connectivity index (χ1n) is 10.7. The Hall–Kier alpha value is -3.67. The minimum Gasteiger partial charge on any atom is -0.397 e. The van der Waals surface area contributed by atoms with Crippen molar-refractivity contribution in [3.05, 3.63) is 89.9 Å². The fourth-order valence-electron chi connectivity index (χ4n) is 4.46. The second-order valence-electron chi connectivity index (χ2n) is 8.11. The lowest BCUT2D eigenvalue weighted by molar-refractivity contribution is 0.0705. The molecule has 1 aliphatic heterocycles. The van der Waals surface area contributed by atoms with Crippen LogP contribution in [0.25, 0.3) is 10.9 Å². The molecule has 156 valence electrons. The molecule has 4 aromatic rings. The molecular formula is C25H25N5O. The van der Waals surface area contributed by atoms with E-state index in [0.29, 0.717) is 18.8 Å². The van der Waals surface area contributed by atoms with Crippen LogP contribution in [0.3, 0.4) is 0 Å². The van der Waals surface area contributed by atoms with Crippen LogP contribution < -0.4 is 5.73 Å². The smallest absolute Gasteiger partial charge is 0.254 e. The topological polar surface area (TPSA) is 77.0 Å². The molecule has 3 heterocycles. The number of nitrogens with two attached hydrogens (primary N) is 1.